The first kappa shape index (κ1) is 16.0. The van der Waals surface area contributed by atoms with Gasteiger partial charge in [0.15, 0.2) is 0 Å². The number of hydrogen-bond acceptors (Lipinski definition) is 3. The van der Waals surface area contributed by atoms with Gasteiger partial charge >= 0.3 is 5.97 Å². The van der Waals surface area contributed by atoms with Gasteiger partial charge in [0.25, 0.3) is 0 Å². The van der Waals surface area contributed by atoms with Gasteiger partial charge in [-0.05, 0) is 41.5 Å². The van der Waals surface area contributed by atoms with Gasteiger partial charge in [-0.25, -0.2) is 0 Å². The summed E-state index contributed by atoms with van der Waals surface area (Å²) in [6, 6.07) is 0. The molecule has 1 aliphatic heterocycles. The lowest BCUT2D eigenvalue weighted by Gasteiger charge is -2.47. The van der Waals surface area contributed by atoms with Crippen LogP contribution in [-0.2, 0) is 14.3 Å². The van der Waals surface area contributed by atoms with Crippen LogP contribution in [0.4, 0.5) is 0 Å². The molecule has 5 nitrogen and oxygen atoms in total. The highest BCUT2D eigenvalue weighted by Gasteiger charge is 2.41. The van der Waals surface area contributed by atoms with Crippen molar-refractivity contribution in [2.75, 3.05) is 13.1 Å². The third kappa shape index (κ3) is 4.20. The number of carboxylic acids is 1. The first-order valence-electron chi connectivity index (χ1n) is 6.56. The molecule has 1 amide bonds. The van der Waals surface area contributed by atoms with E-state index in [0.29, 0.717) is 13.1 Å². The Kier molecular flexibility index (Phi) is 4.01. The van der Waals surface area contributed by atoms with E-state index in [1.54, 1.807) is 18.7 Å². The molecule has 0 radical (unpaired) electrons. The maximum absolute atomic E-state index is 12.3. The highest BCUT2D eigenvalue weighted by molar-refractivity contribution is 5.84. The van der Waals surface area contributed by atoms with Crippen LogP contribution in [0.5, 0.6) is 0 Å². The molecule has 0 spiro atoms. The molecule has 1 heterocycles. The van der Waals surface area contributed by atoms with Gasteiger partial charge in [-0.1, -0.05) is 0 Å². The Morgan fingerprint density at radius 2 is 1.58 bits per heavy atom. The van der Waals surface area contributed by atoms with Crippen LogP contribution in [0.25, 0.3) is 0 Å². The summed E-state index contributed by atoms with van der Waals surface area (Å²) in [7, 11) is 0. The molecule has 0 bridgehead atoms. The third-order valence-corrected chi connectivity index (χ3v) is 3.22. The maximum Gasteiger partial charge on any atom is 0.309 e. The van der Waals surface area contributed by atoms with Gasteiger partial charge in [0.2, 0.25) is 5.91 Å². The number of nitrogens with zero attached hydrogens (tertiary/aromatic N) is 1. The molecule has 110 valence electrons. The Balaban J connectivity index is 2.80. The summed E-state index contributed by atoms with van der Waals surface area (Å²) in [5.74, 6) is -1.08. The van der Waals surface area contributed by atoms with Crippen LogP contribution in [-0.4, -0.2) is 46.2 Å². The van der Waals surface area contributed by atoms with Crippen LogP contribution in [0.3, 0.4) is 0 Å². The highest BCUT2D eigenvalue weighted by atomic mass is 16.5. The third-order valence-electron chi connectivity index (χ3n) is 3.22. The second-order valence-electron chi connectivity index (χ2n) is 7.24. The quantitative estimate of drug-likeness (QED) is 0.851. The van der Waals surface area contributed by atoms with Crippen LogP contribution in [0.1, 0.15) is 48.0 Å². The molecule has 5 heteroatoms. The van der Waals surface area contributed by atoms with Crippen molar-refractivity contribution in [3.05, 3.63) is 0 Å². The van der Waals surface area contributed by atoms with Crippen LogP contribution >= 0.6 is 0 Å². The minimum atomic E-state index is -1.04. The SMILES string of the molecule is CC1(C)CN(C(=O)CC(C)(C)C(=O)O)CC(C)(C)O1. The van der Waals surface area contributed by atoms with Crippen LogP contribution in [0.2, 0.25) is 0 Å². The van der Waals surface area contributed by atoms with Crippen molar-refractivity contribution in [1.29, 1.82) is 0 Å². The number of aliphatic carboxylic acids is 1. The fraction of sp³-hybridized carbons (Fsp3) is 0.857. The van der Waals surface area contributed by atoms with E-state index in [1.165, 1.54) is 0 Å². The standard InChI is InChI=1S/C14H25NO4/c1-12(2,11(17)18)7-10(16)15-8-13(3,4)19-14(5,6)9-15/h7-9H2,1-6H3,(H,17,18). The van der Waals surface area contributed by atoms with Gasteiger partial charge in [0.05, 0.1) is 16.6 Å². The number of carbonyl (C=O) groups is 2. The average molecular weight is 271 g/mol. The molecule has 0 aromatic heterocycles. The molecule has 0 aromatic carbocycles. The number of ether oxygens (including phenoxy) is 1. The second kappa shape index (κ2) is 4.78. The smallest absolute Gasteiger partial charge is 0.309 e. The molecule has 0 atom stereocenters. The molecule has 19 heavy (non-hydrogen) atoms. The van der Waals surface area contributed by atoms with E-state index < -0.39 is 22.6 Å². The zero-order chi connectivity index (χ0) is 15.1. The van der Waals surface area contributed by atoms with Crippen LogP contribution in [0.15, 0.2) is 0 Å². The molecule has 0 aliphatic carbocycles. The van der Waals surface area contributed by atoms with Crippen molar-refractivity contribution < 1.29 is 19.4 Å². The molecule has 1 fully saturated rings. The van der Waals surface area contributed by atoms with E-state index in [4.69, 9.17) is 9.84 Å². The first-order chi connectivity index (χ1) is 8.35. The van der Waals surface area contributed by atoms with Crippen molar-refractivity contribution in [3.63, 3.8) is 0 Å². The Bertz CT molecular complexity index is 369. The number of rotatable bonds is 3. The maximum atomic E-state index is 12.3. The lowest BCUT2D eigenvalue weighted by molar-refractivity contribution is -0.189. The van der Waals surface area contributed by atoms with Gasteiger partial charge in [-0.15, -0.1) is 0 Å². The minimum Gasteiger partial charge on any atom is -0.481 e. The average Bonchev–Trinajstić information content (AvgIpc) is 2.11. The van der Waals surface area contributed by atoms with Crippen LogP contribution in [0, 0.1) is 5.41 Å². The van der Waals surface area contributed by atoms with E-state index in [9.17, 15) is 9.59 Å². The molecule has 1 rings (SSSR count). The fourth-order valence-electron chi connectivity index (χ4n) is 2.53. The lowest BCUT2D eigenvalue weighted by atomic mass is 9.88. The van der Waals surface area contributed by atoms with E-state index >= 15 is 0 Å². The lowest BCUT2D eigenvalue weighted by Crippen LogP contribution is -2.59. The summed E-state index contributed by atoms with van der Waals surface area (Å²) >= 11 is 0. The Labute approximate surface area is 114 Å². The molecular formula is C14H25NO4. The largest absolute Gasteiger partial charge is 0.481 e. The van der Waals surface area contributed by atoms with Crippen molar-refractivity contribution in [1.82, 2.24) is 4.90 Å². The number of morpholine rings is 1. The number of amides is 1. The molecule has 0 unspecified atom stereocenters. The molecular weight excluding hydrogens is 246 g/mol. The summed E-state index contributed by atoms with van der Waals surface area (Å²) in [5.41, 5.74) is -1.86. The first-order valence-corrected chi connectivity index (χ1v) is 6.56. The molecule has 1 saturated heterocycles. The minimum absolute atomic E-state index is 0.00843. The van der Waals surface area contributed by atoms with Crippen molar-refractivity contribution in [3.8, 4) is 0 Å². The van der Waals surface area contributed by atoms with E-state index in [2.05, 4.69) is 0 Å². The van der Waals surface area contributed by atoms with Gasteiger partial charge in [0.1, 0.15) is 0 Å². The second-order valence-corrected chi connectivity index (χ2v) is 7.24. The van der Waals surface area contributed by atoms with Gasteiger partial charge in [0, 0.05) is 19.5 Å². The van der Waals surface area contributed by atoms with Gasteiger partial charge in [-0.2, -0.15) is 0 Å². The fourth-order valence-corrected chi connectivity index (χ4v) is 2.53. The Morgan fingerprint density at radius 1 is 1.16 bits per heavy atom. The van der Waals surface area contributed by atoms with Crippen molar-refractivity contribution in [2.45, 2.75) is 59.2 Å². The van der Waals surface area contributed by atoms with Crippen molar-refractivity contribution >= 4 is 11.9 Å². The summed E-state index contributed by atoms with van der Waals surface area (Å²) in [6.45, 7) is 11.9. The zero-order valence-corrected chi connectivity index (χ0v) is 12.7. The summed E-state index contributed by atoms with van der Waals surface area (Å²) < 4.78 is 5.91. The number of carbonyl (C=O) groups excluding carboxylic acids is 1. The monoisotopic (exact) mass is 271 g/mol. The Hall–Kier alpha value is -1.10. The highest BCUT2D eigenvalue weighted by Crippen LogP contribution is 2.30. The molecule has 1 N–H and O–H groups in total. The predicted molar refractivity (Wildman–Crippen MR) is 71.9 cm³/mol. The molecule has 0 aromatic rings. The number of carboxylic acid groups (broad SMARTS) is 1. The zero-order valence-electron chi connectivity index (χ0n) is 12.7. The normalized spacial score (nSPS) is 22.1. The summed E-state index contributed by atoms with van der Waals surface area (Å²) in [6.07, 6.45) is 0.00843. The summed E-state index contributed by atoms with van der Waals surface area (Å²) in [5, 5.41) is 9.10. The summed E-state index contributed by atoms with van der Waals surface area (Å²) in [4.78, 5) is 25.1. The predicted octanol–water partition coefficient (Wildman–Crippen LogP) is 1.90. The van der Waals surface area contributed by atoms with Crippen molar-refractivity contribution in [2.24, 2.45) is 5.41 Å². The van der Waals surface area contributed by atoms with E-state index in [0.717, 1.165) is 0 Å². The topological polar surface area (TPSA) is 66.8 Å². The van der Waals surface area contributed by atoms with Gasteiger partial charge in [-0.3, -0.25) is 9.59 Å². The number of hydrogen-bond donors (Lipinski definition) is 1. The molecule has 1 aliphatic rings. The van der Waals surface area contributed by atoms with Crippen LogP contribution < -0.4 is 0 Å². The Morgan fingerprint density at radius 3 is 1.95 bits per heavy atom. The van der Waals surface area contributed by atoms with Gasteiger partial charge < -0.3 is 14.7 Å². The molecule has 0 saturated carbocycles. The van der Waals surface area contributed by atoms with E-state index in [1.807, 2.05) is 27.7 Å². The van der Waals surface area contributed by atoms with E-state index in [-0.39, 0.29) is 12.3 Å².